The number of alkyl halides is 3. The van der Waals surface area contributed by atoms with E-state index in [2.05, 4.69) is 0 Å². The summed E-state index contributed by atoms with van der Waals surface area (Å²) in [6.45, 7) is 2.45. The highest BCUT2D eigenvalue weighted by molar-refractivity contribution is 8.00. The molecule has 0 N–H and O–H groups in total. The van der Waals surface area contributed by atoms with E-state index in [0.717, 1.165) is 37.9 Å². The van der Waals surface area contributed by atoms with Crippen LogP contribution in [0.5, 0.6) is 0 Å². The second-order valence-electron chi connectivity index (χ2n) is 5.65. The fourth-order valence-corrected chi connectivity index (χ4v) is 3.57. The lowest BCUT2D eigenvalue weighted by atomic mass is 10.2. The van der Waals surface area contributed by atoms with E-state index in [4.69, 9.17) is 11.6 Å². The highest BCUT2D eigenvalue weighted by Crippen LogP contribution is 2.33. The summed E-state index contributed by atoms with van der Waals surface area (Å²) in [6, 6.07) is 1.88. The van der Waals surface area contributed by atoms with E-state index in [1.807, 2.05) is 0 Å². The first-order chi connectivity index (χ1) is 12.4. The van der Waals surface area contributed by atoms with Crippen molar-refractivity contribution < 1.29 is 22.4 Å². The summed E-state index contributed by atoms with van der Waals surface area (Å²) >= 11 is 6.87. The molecule has 0 bridgehead atoms. The van der Waals surface area contributed by atoms with E-state index in [9.17, 15) is 31.9 Å². The van der Waals surface area contributed by atoms with Crippen LogP contribution in [0.25, 0.3) is 5.69 Å². The van der Waals surface area contributed by atoms with Gasteiger partial charge in [-0.2, -0.15) is 13.2 Å². The quantitative estimate of drug-likeness (QED) is 0.429. The number of carbonyl (C=O) groups is 1. The average Bonchev–Trinajstić information content (AvgIpc) is 2.55. The summed E-state index contributed by atoms with van der Waals surface area (Å²) in [6.07, 6.45) is -4.33. The summed E-state index contributed by atoms with van der Waals surface area (Å²) in [5.41, 5.74) is -5.38. The third-order valence-electron chi connectivity index (χ3n) is 3.71. The fourth-order valence-electron chi connectivity index (χ4n) is 2.48. The van der Waals surface area contributed by atoms with Gasteiger partial charge in [0.15, 0.2) is 0 Å². The van der Waals surface area contributed by atoms with Gasteiger partial charge in [-0.15, -0.1) is 11.8 Å². The first kappa shape index (κ1) is 21.2. The van der Waals surface area contributed by atoms with Crippen LogP contribution in [0.15, 0.2) is 26.6 Å². The molecule has 2 rings (SSSR count). The summed E-state index contributed by atoms with van der Waals surface area (Å²) < 4.78 is 54.4. The van der Waals surface area contributed by atoms with Crippen LogP contribution < -0.4 is 11.2 Å². The molecule has 0 aliphatic rings. The molecule has 1 aromatic heterocycles. The largest absolute Gasteiger partial charge is 0.432 e. The summed E-state index contributed by atoms with van der Waals surface area (Å²) in [4.78, 5) is 35.8. The Balaban J connectivity index is 2.84. The molecule has 0 aliphatic heterocycles. The van der Waals surface area contributed by atoms with Crippen molar-refractivity contribution in [3.8, 4) is 5.69 Å². The zero-order valence-electron chi connectivity index (χ0n) is 14.2. The van der Waals surface area contributed by atoms with Crippen molar-refractivity contribution >= 4 is 29.6 Å². The van der Waals surface area contributed by atoms with Crippen molar-refractivity contribution in [3.63, 3.8) is 0 Å². The minimum Gasteiger partial charge on any atom is -0.302 e. The molecule has 0 saturated heterocycles. The minimum absolute atomic E-state index is 0.0662. The predicted molar refractivity (Wildman–Crippen MR) is 93.4 cm³/mol. The van der Waals surface area contributed by atoms with Crippen LogP contribution in [0, 0.1) is 12.7 Å². The number of rotatable bonds is 4. The fraction of sp³-hybridized carbons (Fsp3) is 0.312. The smallest absolute Gasteiger partial charge is 0.302 e. The standard InChI is InChI=1S/C16H13ClF4N2O3S/c1-7(6-24)27-12-5-11(10(18)4-9(12)17)23-14(25)8(2)13(16(19,20)21)22(3)15(23)26/h4-7H,1-3H3. The maximum atomic E-state index is 14.4. The highest BCUT2D eigenvalue weighted by Gasteiger charge is 2.38. The van der Waals surface area contributed by atoms with Gasteiger partial charge in [-0.3, -0.25) is 9.36 Å². The van der Waals surface area contributed by atoms with Gasteiger partial charge in [0.2, 0.25) is 0 Å². The molecular weight excluding hydrogens is 412 g/mol. The van der Waals surface area contributed by atoms with Gasteiger partial charge < -0.3 is 4.79 Å². The molecule has 27 heavy (non-hydrogen) atoms. The van der Waals surface area contributed by atoms with Crippen LogP contribution in [0.4, 0.5) is 17.6 Å². The lowest BCUT2D eigenvalue weighted by molar-refractivity contribution is -0.144. The molecule has 2 aromatic rings. The van der Waals surface area contributed by atoms with Gasteiger partial charge in [0.1, 0.15) is 17.8 Å². The Morgan fingerprint density at radius 2 is 1.85 bits per heavy atom. The maximum Gasteiger partial charge on any atom is 0.432 e. The Hall–Kier alpha value is -2.07. The number of carbonyl (C=O) groups excluding carboxylic acids is 1. The summed E-state index contributed by atoms with van der Waals surface area (Å²) in [5.74, 6) is -1.07. The predicted octanol–water partition coefficient (Wildman–Crippen LogP) is 3.34. The van der Waals surface area contributed by atoms with Crippen molar-refractivity contribution in [2.24, 2.45) is 7.05 Å². The molecule has 0 fully saturated rings. The van der Waals surface area contributed by atoms with Gasteiger partial charge in [0.05, 0.1) is 16.0 Å². The number of hydrogen-bond acceptors (Lipinski definition) is 4. The topological polar surface area (TPSA) is 61.1 Å². The minimum atomic E-state index is -4.94. The number of hydrogen-bond donors (Lipinski definition) is 0. The van der Waals surface area contributed by atoms with Crippen LogP contribution in [0.1, 0.15) is 18.2 Å². The molecule has 1 aromatic carbocycles. The second-order valence-corrected chi connectivity index (χ2v) is 7.47. The third kappa shape index (κ3) is 3.96. The lowest BCUT2D eigenvalue weighted by Crippen LogP contribution is -2.43. The monoisotopic (exact) mass is 424 g/mol. The van der Waals surface area contributed by atoms with Crippen molar-refractivity contribution in [2.75, 3.05) is 0 Å². The van der Waals surface area contributed by atoms with Gasteiger partial charge in [-0.05, 0) is 26.0 Å². The van der Waals surface area contributed by atoms with Crippen molar-refractivity contribution in [1.82, 2.24) is 9.13 Å². The number of thioether (sulfide) groups is 1. The SMILES string of the molecule is Cc1c(C(F)(F)F)n(C)c(=O)n(-c2cc(SC(C)C=O)c(Cl)cc2F)c1=O. The van der Waals surface area contributed by atoms with E-state index < -0.39 is 45.4 Å². The van der Waals surface area contributed by atoms with Crippen molar-refractivity contribution in [2.45, 2.75) is 30.2 Å². The van der Waals surface area contributed by atoms with Gasteiger partial charge in [0.25, 0.3) is 5.56 Å². The Labute approximate surface area is 159 Å². The molecule has 1 unspecified atom stereocenters. The van der Waals surface area contributed by atoms with Crippen LogP contribution >= 0.6 is 23.4 Å². The van der Waals surface area contributed by atoms with Gasteiger partial charge in [-0.1, -0.05) is 11.6 Å². The molecular formula is C16H13ClF4N2O3S. The van der Waals surface area contributed by atoms with Crippen LogP contribution in [-0.4, -0.2) is 20.7 Å². The second kappa shape index (κ2) is 7.51. The van der Waals surface area contributed by atoms with E-state index in [-0.39, 0.29) is 14.5 Å². The third-order valence-corrected chi connectivity index (χ3v) is 5.21. The van der Waals surface area contributed by atoms with E-state index in [0.29, 0.717) is 10.9 Å². The molecule has 0 spiro atoms. The first-order valence-corrected chi connectivity index (χ1v) is 8.67. The van der Waals surface area contributed by atoms with Gasteiger partial charge in [-0.25, -0.2) is 13.8 Å². The Kier molecular flexibility index (Phi) is 5.91. The molecule has 11 heteroatoms. The molecule has 0 aliphatic carbocycles. The number of aldehydes is 1. The lowest BCUT2D eigenvalue weighted by Gasteiger charge is -2.18. The Morgan fingerprint density at radius 1 is 1.26 bits per heavy atom. The molecule has 0 radical (unpaired) electrons. The van der Waals surface area contributed by atoms with Gasteiger partial charge >= 0.3 is 11.9 Å². The van der Waals surface area contributed by atoms with E-state index in [1.54, 1.807) is 6.92 Å². The van der Waals surface area contributed by atoms with Crippen LogP contribution in [0.3, 0.4) is 0 Å². The van der Waals surface area contributed by atoms with Crippen molar-refractivity contribution in [3.05, 3.63) is 55.1 Å². The zero-order valence-corrected chi connectivity index (χ0v) is 15.8. The first-order valence-electron chi connectivity index (χ1n) is 7.41. The van der Waals surface area contributed by atoms with Crippen LogP contribution in [-0.2, 0) is 18.0 Å². The molecule has 0 amide bonds. The molecule has 1 atom stereocenters. The molecule has 0 saturated carbocycles. The highest BCUT2D eigenvalue weighted by atomic mass is 35.5. The van der Waals surface area contributed by atoms with E-state index in [1.165, 1.54) is 0 Å². The number of aromatic nitrogens is 2. The molecule has 5 nitrogen and oxygen atoms in total. The zero-order chi connectivity index (χ0) is 20.7. The van der Waals surface area contributed by atoms with E-state index >= 15 is 0 Å². The maximum absolute atomic E-state index is 14.4. The van der Waals surface area contributed by atoms with Crippen molar-refractivity contribution in [1.29, 1.82) is 0 Å². The van der Waals surface area contributed by atoms with Gasteiger partial charge in [0, 0.05) is 17.5 Å². The average molecular weight is 425 g/mol. The normalized spacial score (nSPS) is 12.9. The Bertz CT molecular complexity index is 993. The number of halogens is 5. The molecule has 146 valence electrons. The van der Waals surface area contributed by atoms with Crippen LogP contribution in [0.2, 0.25) is 5.02 Å². The summed E-state index contributed by atoms with van der Waals surface area (Å²) in [5, 5.41) is -0.627. The Morgan fingerprint density at radius 3 is 2.37 bits per heavy atom. The summed E-state index contributed by atoms with van der Waals surface area (Å²) in [7, 11) is 0.839. The number of nitrogens with zero attached hydrogens (tertiary/aromatic N) is 2. The number of benzene rings is 1. The molecule has 1 heterocycles.